The number of carbonyl (C=O) groups is 1. The second kappa shape index (κ2) is 7.09. The first-order valence-electron chi connectivity index (χ1n) is 8.09. The van der Waals surface area contributed by atoms with Crippen molar-refractivity contribution < 1.29 is 23.4 Å². The summed E-state index contributed by atoms with van der Waals surface area (Å²) in [5, 5.41) is 12.8. The van der Waals surface area contributed by atoms with Gasteiger partial charge in [-0.3, -0.25) is 4.79 Å². The number of methoxy groups -OCH3 is 1. The third-order valence-corrected chi connectivity index (χ3v) is 4.49. The monoisotopic (exact) mass is 347 g/mol. The van der Waals surface area contributed by atoms with Crippen LogP contribution in [-0.4, -0.2) is 24.7 Å². The smallest absolute Gasteiger partial charge is 0.223 e. The highest BCUT2D eigenvalue weighted by Crippen LogP contribution is 2.49. The number of nitrogens with one attached hydrogen (secondary N) is 1. The van der Waals surface area contributed by atoms with Crippen LogP contribution < -0.4 is 10.1 Å². The lowest BCUT2D eigenvalue weighted by molar-refractivity contribution is -0.122. The van der Waals surface area contributed by atoms with E-state index in [-0.39, 0.29) is 17.2 Å². The van der Waals surface area contributed by atoms with Gasteiger partial charge in [0.05, 0.1) is 7.11 Å². The van der Waals surface area contributed by atoms with E-state index in [1.807, 2.05) is 0 Å². The summed E-state index contributed by atoms with van der Waals surface area (Å²) in [5.41, 5.74) is 0.653. The van der Waals surface area contributed by atoms with Gasteiger partial charge in [-0.25, -0.2) is 8.78 Å². The zero-order chi connectivity index (χ0) is 18.0. The van der Waals surface area contributed by atoms with Gasteiger partial charge in [0.15, 0.2) is 11.5 Å². The fourth-order valence-electron chi connectivity index (χ4n) is 3.05. The molecule has 0 unspecified atom stereocenters. The Hall–Kier alpha value is -2.63. The van der Waals surface area contributed by atoms with E-state index in [2.05, 4.69) is 5.32 Å². The number of ether oxygens (including phenoxy) is 1. The van der Waals surface area contributed by atoms with E-state index in [1.165, 1.54) is 25.3 Å². The molecule has 0 aliphatic heterocycles. The molecule has 132 valence electrons. The number of rotatable bonds is 6. The standard InChI is InChI=1S/C19H19F2NO3/c1-25-16-7-2-4-11(18(16)23)8-9-22-19(24)13-10-12(13)17-14(20)5-3-6-15(17)21/h2-7,12-13,23H,8-10H2,1H3,(H,22,24)/t12-,13+/m1/s1. The van der Waals surface area contributed by atoms with Gasteiger partial charge in [0.2, 0.25) is 5.91 Å². The molecule has 1 fully saturated rings. The zero-order valence-corrected chi connectivity index (χ0v) is 13.8. The molecule has 3 rings (SSSR count). The second-order valence-corrected chi connectivity index (χ2v) is 6.09. The van der Waals surface area contributed by atoms with Crippen LogP contribution in [0.3, 0.4) is 0 Å². The van der Waals surface area contributed by atoms with Crippen molar-refractivity contribution in [2.75, 3.05) is 13.7 Å². The van der Waals surface area contributed by atoms with Crippen LogP contribution in [0.15, 0.2) is 36.4 Å². The molecule has 2 atom stereocenters. The molecule has 2 aromatic rings. The molecule has 0 spiro atoms. The topological polar surface area (TPSA) is 58.6 Å². The van der Waals surface area contributed by atoms with Gasteiger partial charge in [0, 0.05) is 23.9 Å². The lowest BCUT2D eigenvalue weighted by Gasteiger charge is -2.10. The largest absolute Gasteiger partial charge is 0.504 e. The number of para-hydroxylation sites is 1. The highest BCUT2D eigenvalue weighted by atomic mass is 19.1. The molecule has 6 heteroatoms. The van der Waals surface area contributed by atoms with Gasteiger partial charge in [0.1, 0.15) is 11.6 Å². The summed E-state index contributed by atoms with van der Waals surface area (Å²) < 4.78 is 32.5. The molecular weight excluding hydrogens is 328 g/mol. The first-order chi connectivity index (χ1) is 12.0. The zero-order valence-electron chi connectivity index (χ0n) is 13.8. The molecule has 1 amide bonds. The maximum Gasteiger partial charge on any atom is 0.223 e. The molecule has 0 aromatic heterocycles. The van der Waals surface area contributed by atoms with Crippen LogP contribution in [0, 0.1) is 17.6 Å². The number of aromatic hydroxyl groups is 1. The lowest BCUT2D eigenvalue weighted by Crippen LogP contribution is -2.27. The van der Waals surface area contributed by atoms with Gasteiger partial charge in [-0.1, -0.05) is 18.2 Å². The van der Waals surface area contributed by atoms with E-state index in [9.17, 15) is 18.7 Å². The molecule has 0 radical (unpaired) electrons. The summed E-state index contributed by atoms with van der Waals surface area (Å²) >= 11 is 0. The van der Waals surface area contributed by atoms with Crippen LogP contribution in [0.25, 0.3) is 0 Å². The van der Waals surface area contributed by atoms with Crippen molar-refractivity contribution in [3.8, 4) is 11.5 Å². The number of hydrogen-bond donors (Lipinski definition) is 2. The van der Waals surface area contributed by atoms with Crippen LogP contribution in [-0.2, 0) is 11.2 Å². The Bertz CT molecular complexity index is 774. The van der Waals surface area contributed by atoms with E-state index in [0.29, 0.717) is 30.7 Å². The number of phenolic OH excluding ortho intramolecular Hbond substituents is 1. The van der Waals surface area contributed by atoms with Crippen LogP contribution in [0.5, 0.6) is 11.5 Å². The normalized spacial score (nSPS) is 18.7. The van der Waals surface area contributed by atoms with Crippen LogP contribution >= 0.6 is 0 Å². The Balaban J connectivity index is 1.55. The first-order valence-corrected chi connectivity index (χ1v) is 8.09. The molecule has 0 heterocycles. The van der Waals surface area contributed by atoms with Gasteiger partial charge in [-0.15, -0.1) is 0 Å². The molecule has 25 heavy (non-hydrogen) atoms. The van der Waals surface area contributed by atoms with Gasteiger partial charge < -0.3 is 15.2 Å². The van der Waals surface area contributed by atoms with E-state index in [4.69, 9.17) is 4.74 Å². The molecular formula is C19H19F2NO3. The minimum atomic E-state index is -0.610. The predicted octanol–water partition coefficient (Wildman–Crippen LogP) is 3.14. The average molecular weight is 347 g/mol. The number of halogens is 2. The van der Waals surface area contributed by atoms with Gasteiger partial charge in [0.25, 0.3) is 0 Å². The van der Waals surface area contributed by atoms with Crippen molar-refractivity contribution in [3.05, 3.63) is 59.2 Å². The van der Waals surface area contributed by atoms with Crippen molar-refractivity contribution >= 4 is 5.91 Å². The molecule has 2 aromatic carbocycles. The summed E-state index contributed by atoms with van der Waals surface area (Å²) in [4.78, 5) is 12.2. The minimum absolute atomic E-state index is 0.00640. The number of hydrogen-bond acceptors (Lipinski definition) is 3. The van der Waals surface area contributed by atoms with E-state index in [0.717, 1.165) is 0 Å². The van der Waals surface area contributed by atoms with Crippen molar-refractivity contribution in [2.24, 2.45) is 5.92 Å². The summed E-state index contributed by atoms with van der Waals surface area (Å²) in [5.74, 6) is -1.84. The van der Waals surface area contributed by atoms with Crippen molar-refractivity contribution in [2.45, 2.75) is 18.8 Å². The van der Waals surface area contributed by atoms with Crippen LogP contribution in [0.4, 0.5) is 8.78 Å². The fourth-order valence-corrected chi connectivity index (χ4v) is 3.05. The predicted molar refractivity (Wildman–Crippen MR) is 88.6 cm³/mol. The summed E-state index contributed by atoms with van der Waals surface area (Å²) in [6, 6.07) is 8.88. The fraction of sp³-hybridized carbons (Fsp3) is 0.316. The van der Waals surface area contributed by atoms with E-state index < -0.39 is 23.5 Å². The van der Waals surface area contributed by atoms with Gasteiger partial charge in [-0.05, 0) is 36.6 Å². The maximum atomic E-state index is 13.8. The van der Waals surface area contributed by atoms with E-state index in [1.54, 1.807) is 18.2 Å². The summed E-state index contributed by atoms with van der Waals surface area (Å²) in [6.07, 6.45) is 0.869. The van der Waals surface area contributed by atoms with Gasteiger partial charge in [-0.2, -0.15) is 0 Å². The quantitative estimate of drug-likeness (QED) is 0.844. The molecule has 1 aliphatic carbocycles. The lowest BCUT2D eigenvalue weighted by atomic mass is 10.1. The highest BCUT2D eigenvalue weighted by molar-refractivity contribution is 5.82. The Morgan fingerprint density at radius 2 is 1.92 bits per heavy atom. The molecule has 1 saturated carbocycles. The van der Waals surface area contributed by atoms with Crippen molar-refractivity contribution in [1.29, 1.82) is 0 Å². The summed E-state index contributed by atoms with van der Waals surface area (Å²) in [7, 11) is 1.47. The number of amides is 1. The molecule has 2 N–H and O–H groups in total. The molecule has 1 aliphatic rings. The average Bonchev–Trinajstić information content (AvgIpc) is 3.36. The first kappa shape index (κ1) is 17.2. The van der Waals surface area contributed by atoms with E-state index >= 15 is 0 Å². The molecule has 4 nitrogen and oxygen atoms in total. The Labute approximate surface area is 144 Å². The highest BCUT2D eigenvalue weighted by Gasteiger charge is 2.46. The maximum absolute atomic E-state index is 13.8. The molecule has 0 saturated heterocycles. The second-order valence-electron chi connectivity index (χ2n) is 6.09. The van der Waals surface area contributed by atoms with Crippen LogP contribution in [0.1, 0.15) is 23.5 Å². The Kier molecular flexibility index (Phi) is 4.88. The summed E-state index contributed by atoms with van der Waals surface area (Å²) in [6.45, 7) is 0.322. The number of benzene rings is 2. The van der Waals surface area contributed by atoms with Crippen molar-refractivity contribution in [3.63, 3.8) is 0 Å². The van der Waals surface area contributed by atoms with Gasteiger partial charge >= 0.3 is 0 Å². The SMILES string of the molecule is COc1cccc(CCNC(=O)[C@H]2C[C@H]2c2c(F)cccc2F)c1O. The van der Waals surface area contributed by atoms with Crippen molar-refractivity contribution in [1.82, 2.24) is 5.32 Å². The third-order valence-electron chi connectivity index (χ3n) is 4.49. The molecule has 0 bridgehead atoms. The Morgan fingerprint density at radius 1 is 1.24 bits per heavy atom. The van der Waals surface area contributed by atoms with Crippen LogP contribution in [0.2, 0.25) is 0 Å². The third kappa shape index (κ3) is 3.57. The number of phenols is 1. The number of carbonyl (C=O) groups excluding carboxylic acids is 1. The minimum Gasteiger partial charge on any atom is -0.504 e. The Morgan fingerprint density at radius 3 is 2.60 bits per heavy atom.